The van der Waals surface area contributed by atoms with Crippen molar-refractivity contribution < 1.29 is 0 Å². The molecule has 3 aliphatic rings. The molecule has 0 bridgehead atoms. The Hall–Kier alpha value is -0.0800. The summed E-state index contributed by atoms with van der Waals surface area (Å²) >= 11 is 0. The first-order valence-electron chi connectivity index (χ1n) is 10.0. The predicted molar refractivity (Wildman–Crippen MR) is 95.2 cm³/mol. The van der Waals surface area contributed by atoms with E-state index < -0.39 is 0 Å². The second-order valence-corrected chi connectivity index (χ2v) is 8.86. The Morgan fingerprint density at radius 1 is 1.00 bits per heavy atom. The van der Waals surface area contributed by atoms with Gasteiger partial charge in [-0.1, -0.05) is 26.2 Å². The SMILES string of the molecule is CCCCN1CCC2(CCC(C3CCCC3)(N(C)C)CC2)C1. The molecule has 0 atom stereocenters. The first kappa shape index (κ1) is 16.8. The van der Waals surface area contributed by atoms with Gasteiger partial charge < -0.3 is 9.80 Å². The molecule has 0 aromatic rings. The van der Waals surface area contributed by atoms with Crippen molar-refractivity contribution in [3.63, 3.8) is 0 Å². The van der Waals surface area contributed by atoms with Gasteiger partial charge in [-0.05, 0) is 89.9 Å². The highest BCUT2D eigenvalue weighted by Gasteiger charge is 2.50. The van der Waals surface area contributed by atoms with E-state index in [4.69, 9.17) is 0 Å². The second kappa shape index (κ2) is 6.81. The topological polar surface area (TPSA) is 6.48 Å². The molecule has 2 saturated carbocycles. The zero-order valence-corrected chi connectivity index (χ0v) is 15.4. The molecular weight excluding hydrogens is 268 g/mol. The van der Waals surface area contributed by atoms with Crippen LogP contribution >= 0.6 is 0 Å². The van der Waals surface area contributed by atoms with Crippen LogP contribution in [0.15, 0.2) is 0 Å². The van der Waals surface area contributed by atoms with Crippen LogP contribution in [0.5, 0.6) is 0 Å². The number of rotatable bonds is 5. The third kappa shape index (κ3) is 3.11. The summed E-state index contributed by atoms with van der Waals surface area (Å²) in [4.78, 5) is 5.39. The molecule has 0 amide bonds. The smallest absolute Gasteiger partial charge is 0.0232 e. The van der Waals surface area contributed by atoms with E-state index in [1.54, 1.807) is 0 Å². The first-order valence-corrected chi connectivity index (χ1v) is 10.0. The van der Waals surface area contributed by atoms with Crippen LogP contribution in [0.1, 0.15) is 77.6 Å². The summed E-state index contributed by atoms with van der Waals surface area (Å²) in [5.74, 6) is 0.984. The lowest BCUT2D eigenvalue weighted by molar-refractivity contribution is -0.00224. The summed E-state index contributed by atoms with van der Waals surface area (Å²) in [6.07, 6.45) is 16.1. The normalized spacial score (nSPS) is 37.6. The highest BCUT2D eigenvalue weighted by Crippen LogP contribution is 2.53. The molecule has 0 radical (unpaired) electrons. The Morgan fingerprint density at radius 2 is 1.68 bits per heavy atom. The van der Waals surface area contributed by atoms with Crippen molar-refractivity contribution in [1.82, 2.24) is 9.80 Å². The summed E-state index contributed by atoms with van der Waals surface area (Å²) in [6.45, 7) is 6.44. The van der Waals surface area contributed by atoms with E-state index in [0.29, 0.717) is 11.0 Å². The van der Waals surface area contributed by atoms with Crippen LogP contribution < -0.4 is 0 Å². The van der Waals surface area contributed by atoms with Crippen LogP contribution in [-0.2, 0) is 0 Å². The molecule has 128 valence electrons. The number of hydrogen-bond acceptors (Lipinski definition) is 2. The molecule has 0 aromatic heterocycles. The standard InChI is InChI=1S/C20H38N2/c1-4-5-15-22-16-14-19(17-22)10-12-20(13-11-19,21(2)3)18-8-6-7-9-18/h18H,4-17H2,1-3H3. The minimum atomic E-state index is 0.540. The maximum atomic E-state index is 2.77. The zero-order chi connectivity index (χ0) is 15.6. The van der Waals surface area contributed by atoms with E-state index in [1.165, 1.54) is 90.3 Å². The van der Waals surface area contributed by atoms with E-state index in [2.05, 4.69) is 30.8 Å². The summed E-state index contributed by atoms with van der Waals surface area (Å²) in [5, 5.41) is 0. The van der Waals surface area contributed by atoms with Gasteiger partial charge in [0.1, 0.15) is 0 Å². The minimum absolute atomic E-state index is 0.540. The van der Waals surface area contributed by atoms with Crippen LogP contribution in [0.25, 0.3) is 0 Å². The molecule has 3 rings (SSSR count). The van der Waals surface area contributed by atoms with E-state index in [-0.39, 0.29) is 0 Å². The molecule has 2 heteroatoms. The number of hydrogen-bond donors (Lipinski definition) is 0. The Morgan fingerprint density at radius 3 is 2.27 bits per heavy atom. The van der Waals surface area contributed by atoms with Crippen molar-refractivity contribution in [2.24, 2.45) is 11.3 Å². The fourth-order valence-electron chi connectivity index (χ4n) is 5.91. The summed E-state index contributed by atoms with van der Waals surface area (Å²) in [7, 11) is 4.72. The Balaban J connectivity index is 1.61. The molecule has 3 fully saturated rings. The molecule has 0 aromatic carbocycles. The Kier molecular flexibility index (Phi) is 5.19. The molecule has 1 heterocycles. The third-order valence-corrected chi connectivity index (χ3v) is 7.53. The van der Waals surface area contributed by atoms with Gasteiger partial charge in [0.15, 0.2) is 0 Å². The van der Waals surface area contributed by atoms with Gasteiger partial charge in [0.05, 0.1) is 0 Å². The lowest BCUT2D eigenvalue weighted by atomic mass is 9.62. The lowest BCUT2D eigenvalue weighted by Crippen LogP contribution is -2.54. The fraction of sp³-hybridized carbons (Fsp3) is 1.00. The highest BCUT2D eigenvalue weighted by atomic mass is 15.2. The molecule has 2 aliphatic carbocycles. The summed E-state index contributed by atoms with van der Waals surface area (Å²) < 4.78 is 0. The molecule has 0 N–H and O–H groups in total. The predicted octanol–water partition coefficient (Wildman–Crippen LogP) is 4.54. The maximum Gasteiger partial charge on any atom is 0.0232 e. The van der Waals surface area contributed by atoms with Crippen molar-refractivity contribution in [2.45, 2.75) is 83.1 Å². The summed E-state index contributed by atoms with van der Waals surface area (Å²) in [6, 6.07) is 0. The quantitative estimate of drug-likeness (QED) is 0.735. The van der Waals surface area contributed by atoms with Crippen LogP contribution in [0.2, 0.25) is 0 Å². The van der Waals surface area contributed by atoms with E-state index in [9.17, 15) is 0 Å². The third-order valence-electron chi connectivity index (χ3n) is 7.53. The fourth-order valence-corrected chi connectivity index (χ4v) is 5.91. The van der Waals surface area contributed by atoms with Crippen LogP contribution in [0.3, 0.4) is 0 Å². The molecule has 1 spiro atoms. The second-order valence-electron chi connectivity index (χ2n) is 8.86. The van der Waals surface area contributed by atoms with Crippen molar-refractivity contribution in [1.29, 1.82) is 0 Å². The van der Waals surface area contributed by atoms with Gasteiger partial charge in [0, 0.05) is 12.1 Å². The van der Waals surface area contributed by atoms with Crippen LogP contribution in [0.4, 0.5) is 0 Å². The number of nitrogens with zero attached hydrogens (tertiary/aromatic N) is 2. The van der Waals surface area contributed by atoms with E-state index in [1.807, 2.05) is 0 Å². The average Bonchev–Trinajstić information content (AvgIpc) is 3.17. The first-order chi connectivity index (χ1) is 10.6. The van der Waals surface area contributed by atoms with Gasteiger partial charge in [0.25, 0.3) is 0 Å². The van der Waals surface area contributed by atoms with Crippen molar-refractivity contribution in [2.75, 3.05) is 33.7 Å². The zero-order valence-electron chi connectivity index (χ0n) is 15.4. The van der Waals surface area contributed by atoms with Crippen molar-refractivity contribution in [3.05, 3.63) is 0 Å². The van der Waals surface area contributed by atoms with Gasteiger partial charge >= 0.3 is 0 Å². The van der Waals surface area contributed by atoms with Gasteiger partial charge in [0.2, 0.25) is 0 Å². The van der Waals surface area contributed by atoms with Gasteiger partial charge in [-0.25, -0.2) is 0 Å². The maximum absolute atomic E-state index is 2.77. The minimum Gasteiger partial charge on any atom is -0.303 e. The van der Waals surface area contributed by atoms with Crippen LogP contribution in [-0.4, -0.2) is 49.1 Å². The highest BCUT2D eigenvalue weighted by molar-refractivity contribution is 5.04. The monoisotopic (exact) mass is 306 g/mol. The molecular formula is C20H38N2. The van der Waals surface area contributed by atoms with Gasteiger partial charge in [-0.2, -0.15) is 0 Å². The van der Waals surface area contributed by atoms with E-state index in [0.717, 1.165) is 5.92 Å². The van der Waals surface area contributed by atoms with Gasteiger partial charge in [-0.3, -0.25) is 0 Å². The molecule has 22 heavy (non-hydrogen) atoms. The molecule has 1 saturated heterocycles. The lowest BCUT2D eigenvalue weighted by Gasteiger charge is -2.52. The molecule has 1 aliphatic heterocycles. The Labute approximate surface area is 138 Å². The number of unbranched alkanes of at least 4 members (excludes halogenated alkanes) is 1. The molecule has 0 unspecified atom stereocenters. The van der Waals surface area contributed by atoms with Crippen molar-refractivity contribution >= 4 is 0 Å². The Bertz CT molecular complexity index is 349. The van der Waals surface area contributed by atoms with E-state index >= 15 is 0 Å². The van der Waals surface area contributed by atoms with Gasteiger partial charge in [-0.15, -0.1) is 0 Å². The average molecular weight is 307 g/mol. The number of likely N-dealkylation sites (tertiary alicyclic amines) is 1. The van der Waals surface area contributed by atoms with Crippen LogP contribution in [0, 0.1) is 11.3 Å². The molecule has 2 nitrogen and oxygen atoms in total. The van der Waals surface area contributed by atoms with Crippen molar-refractivity contribution in [3.8, 4) is 0 Å². The largest absolute Gasteiger partial charge is 0.303 e. The summed E-state index contributed by atoms with van der Waals surface area (Å²) in [5.41, 5.74) is 1.23.